The fourth-order valence-corrected chi connectivity index (χ4v) is 1.19. The van der Waals surface area contributed by atoms with E-state index in [9.17, 15) is 4.79 Å². The van der Waals surface area contributed by atoms with Gasteiger partial charge in [0.25, 0.3) is 0 Å². The van der Waals surface area contributed by atoms with Gasteiger partial charge < -0.3 is 11.1 Å². The molecule has 3 heteroatoms. The summed E-state index contributed by atoms with van der Waals surface area (Å²) in [6, 6.07) is 0.119. The van der Waals surface area contributed by atoms with Crippen molar-refractivity contribution in [2.75, 3.05) is 6.54 Å². The summed E-state index contributed by atoms with van der Waals surface area (Å²) in [6.07, 6.45) is 4.25. The molecule has 3 nitrogen and oxygen atoms in total. The van der Waals surface area contributed by atoms with Crippen LogP contribution in [0.1, 0.15) is 32.6 Å². The Morgan fingerprint density at radius 2 is 2.33 bits per heavy atom. The van der Waals surface area contributed by atoms with E-state index < -0.39 is 0 Å². The van der Waals surface area contributed by atoms with Gasteiger partial charge in [0.15, 0.2) is 0 Å². The van der Waals surface area contributed by atoms with E-state index in [0.717, 1.165) is 19.3 Å². The Balaban J connectivity index is 2.09. The van der Waals surface area contributed by atoms with E-state index in [1.807, 2.05) is 6.92 Å². The van der Waals surface area contributed by atoms with Crippen molar-refractivity contribution < 1.29 is 4.79 Å². The van der Waals surface area contributed by atoms with Crippen LogP contribution in [0.5, 0.6) is 0 Å². The van der Waals surface area contributed by atoms with Crippen molar-refractivity contribution in [2.45, 2.75) is 38.6 Å². The minimum absolute atomic E-state index is 0.119. The summed E-state index contributed by atoms with van der Waals surface area (Å²) in [5.41, 5.74) is 5.67. The molecule has 0 saturated heterocycles. The molecule has 12 heavy (non-hydrogen) atoms. The predicted octanol–water partition coefficient (Wildman–Crippen LogP) is 0.640. The molecular weight excluding hydrogens is 152 g/mol. The van der Waals surface area contributed by atoms with Crippen molar-refractivity contribution in [3.05, 3.63) is 0 Å². The number of hydrogen-bond acceptors (Lipinski definition) is 2. The van der Waals surface area contributed by atoms with Crippen LogP contribution >= 0.6 is 0 Å². The first-order valence-electron chi connectivity index (χ1n) is 4.77. The molecule has 1 atom stereocenters. The zero-order valence-electron chi connectivity index (χ0n) is 7.68. The van der Waals surface area contributed by atoms with Crippen LogP contribution in [0, 0.1) is 5.92 Å². The Morgan fingerprint density at radius 3 is 2.75 bits per heavy atom. The van der Waals surface area contributed by atoms with Gasteiger partial charge in [-0.1, -0.05) is 13.3 Å². The van der Waals surface area contributed by atoms with Crippen LogP contribution in [0.25, 0.3) is 0 Å². The van der Waals surface area contributed by atoms with E-state index in [0.29, 0.717) is 6.54 Å². The zero-order valence-corrected chi connectivity index (χ0v) is 7.68. The van der Waals surface area contributed by atoms with Crippen molar-refractivity contribution in [1.82, 2.24) is 5.32 Å². The number of nitrogens with two attached hydrogens (primary N) is 1. The van der Waals surface area contributed by atoms with E-state index in [2.05, 4.69) is 5.32 Å². The molecule has 0 aromatic heterocycles. The van der Waals surface area contributed by atoms with Crippen LogP contribution in [-0.4, -0.2) is 18.5 Å². The number of hydrogen-bond donors (Lipinski definition) is 2. The fraction of sp³-hybridized carbons (Fsp3) is 0.889. The highest BCUT2D eigenvalue weighted by Gasteiger charge is 2.24. The number of amides is 1. The molecule has 0 aliphatic heterocycles. The minimum atomic E-state index is 0.119. The second-order valence-electron chi connectivity index (χ2n) is 3.54. The molecule has 1 aliphatic carbocycles. The van der Waals surface area contributed by atoms with Crippen LogP contribution in [0.15, 0.2) is 0 Å². The molecule has 3 N–H and O–H groups in total. The van der Waals surface area contributed by atoms with Crippen LogP contribution in [-0.2, 0) is 4.79 Å². The lowest BCUT2D eigenvalue weighted by molar-refractivity contribution is -0.127. The predicted molar refractivity (Wildman–Crippen MR) is 48.6 cm³/mol. The van der Waals surface area contributed by atoms with Gasteiger partial charge in [0, 0.05) is 18.5 Å². The van der Waals surface area contributed by atoms with Crippen molar-refractivity contribution >= 4 is 5.91 Å². The summed E-state index contributed by atoms with van der Waals surface area (Å²) in [5, 5.41) is 2.87. The van der Waals surface area contributed by atoms with Gasteiger partial charge in [-0.25, -0.2) is 0 Å². The van der Waals surface area contributed by atoms with E-state index in [-0.39, 0.29) is 17.9 Å². The number of carbonyl (C=O) groups is 1. The minimum Gasteiger partial charge on any atom is -0.354 e. The molecule has 1 rings (SSSR count). The molecule has 0 aromatic carbocycles. The summed E-state index contributed by atoms with van der Waals surface area (Å²) >= 11 is 0. The first-order chi connectivity index (χ1) is 5.74. The van der Waals surface area contributed by atoms with Crippen LogP contribution in [0.4, 0.5) is 0 Å². The van der Waals surface area contributed by atoms with Crippen LogP contribution in [0.2, 0.25) is 0 Å². The molecule has 1 fully saturated rings. The van der Waals surface area contributed by atoms with Crippen molar-refractivity contribution in [3.63, 3.8) is 0 Å². The lowest BCUT2D eigenvalue weighted by Gasteiger charge is -2.24. The molecule has 1 saturated carbocycles. The fourth-order valence-electron chi connectivity index (χ4n) is 1.19. The van der Waals surface area contributed by atoms with Gasteiger partial charge in [-0.15, -0.1) is 0 Å². The molecule has 0 heterocycles. The molecule has 1 amide bonds. The van der Waals surface area contributed by atoms with E-state index in [1.165, 1.54) is 6.42 Å². The van der Waals surface area contributed by atoms with E-state index >= 15 is 0 Å². The highest BCUT2D eigenvalue weighted by molar-refractivity contribution is 5.79. The summed E-state index contributed by atoms with van der Waals surface area (Å²) < 4.78 is 0. The maximum absolute atomic E-state index is 11.3. The molecule has 0 radical (unpaired) electrons. The van der Waals surface area contributed by atoms with Gasteiger partial charge in [0.1, 0.15) is 0 Å². The molecule has 70 valence electrons. The largest absolute Gasteiger partial charge is 0.354 e. The Hall–Kier alpha value is -0.570. The normalized spacial score (nSPS) is 19.8. The van der Waals surface area contributed by atoms with Gasteiger partial charge >= 0.3 is 0 Å². The molecule has 1 unspecified atom stereocenters. The Kier molecular flexibility index (Phi) is 3.53. The topological polar surface area (TPSA) is 55.1 Å². The van der Waals surface area contributed by atoms with E-state index in [1.54, 1.807) is 0 Å². The Labute approximate surface area is 73.7 Å². The molecule has 0 spiro atoms. The first-order valence-corrected chi connectivity index (χ1v) is 4.77. The number of rotatable bonds is 4. The van der Waals surface area contributed by atoms with Gasteiger partial charge in [-0.2, -0.15) is 0 Å². The van der Waals surface area contributed by atoms with Gasteiger partial charge in [-0.05, 0) is 19.3 Å². The first kappa shape index (κ1) is 9.52. The number of nitrogens with one attached hydrogen (secondary N) is 1. The maximum Gasteiger partial charge on any atom is 0.223 e. The summed E-state index contributed by atoms with van der Waals surface area (Å²) in [6.45, 7) is 2.66. The monoisotopic (exact) mass is 170 g/mol. The Morgan fingerprint density at radius 1 is 1.67 bits per heavy atom. The van der Waals surface area contributed by atoms with Gasteiger partial charge in [0.05, 0.1) is 0 Å². The maximum atomic E-state index is 11.3. The summed E-state index contributed by atoms with van der Waals surface area (Å²) in [5.74, 6) is 0.485. The SMILES string of the molecule is CCC(N)CNC(=O)C1CCC1. The average molecular weight is 170 g/mol. The zero-order chi connectivity index (χ0) is 8.97. The second kappa shape index (κ2) is 4.45. The van der Waals surface area contributed by atoms with Crippen LogP contribution in [0.3, 0.4) is 0 Å². The van der Waals surface area contributed by atoms with Gasteiger partial charge in [-0.3, -0.25) is 4.79 Å². The highest BCUT2D eigenvalue weighted by Crippen LogP contribution is 2.25. The molecule has 1 aliphatic rings. The van der Waals surface area contributed by atoms with Crippen molar-refractivity contribution in [1.29, 1.82) is 0 Å². The smallest absolute Gasteiger partial charge is 0.223 e. The Bertz CT molecular complexity index is 155. The molecule has 0 bridgehead atoms. The number of carbonyl (C=O) groups excluding carboxylic acids is 1. The van der Waals surface area contributed by atoms with Crippen molar-refractivity contribution in [2.24, 2.45) is 11.7 Å². The lowest BCUT2D eigenvalue weighted by Crippen LogP contribution is -2.41. The molecule has 0 aromatic rings. The van der Waals surface area contributed by atoms with Crippen molar-refractivity contribution in [3.8, 4) is 0 Å². The average Bonchev–Trinajstić information content (AvgIpc) is 1.97. The van der Waals surface area contributed by atoms with Crippen LogP contribution < -0.4 is 11.1 Å². The third kappa shape index (κ3) is 2.48. The lowest BCUT2D eigenvalue weighted by atomic mass is 9.85. The van der Waals surface area contributed by atoms with Gasteiger partial charge in [0.2, 0.25) is 5.91 Å². The quantitative estimate of drug-likeness (QED) is 0.650. The standard InChI is InChI=1S/C9H18N2O/c1-2-8(10)6-11-9(12)7-4-3-5-7/h7-8H,2-6,10H2,1H3,(H,11,12). The third-order valence-corrected chi connectivity index (χ3v) is 2.54. The second-order valence-corrected chi connectivity index (χ2v) is 3.54. The third-order valence-electron chi connectivity index (χ3n) is 2.54. The summed E-state index contributed by atoms with van der Waals surface area (Å²) in [4.78, 5) is 11.3. The van der Waals surface area contributed by atoms with E-state index in [4.69, 9.17) is 5.73 Å². The molecular formula is C9H18N2O. The summed E-state index contributed by atoms with van der Waals surface area (Å²) in [7, 11) is 0. The highest BCUT2D eigenvalue weighted by atomic mass is 16.1.